The van der Waals surface area contributed by atoms with E-state index in [1.807, 2.05) is 0 Å². The molecule has 70 valence electrons. The Morgan fingerprint density at radius 1 is 1.62 bits per heavy atom. The van der Waals surface area contributed by atoms with Gasteiger partial charge in [-0.2, -0.15) is 0 Å². The lowest BCUT2D eigenvalue weighted by atomic mass is 10.1. The number of ether oxygens (including phenoxy) is 2. The Morgan fingerprint density at radius 3 is 3.15 bits per heavy atom. The van der Waals surface area contributed by atoms with Gasteiger partial charge in [0.15, 0.2) is 11.5 Å². The molecule has 2 N–H and O–H groups in total. The van der Waals surface area contributed by atoms with Crippen LogP contribution in [0.15, 0.2) is 18.2 Å². The quantitative estimate of drug-likeness (QED) is 0.750. The van der Waals surface area contributed by atoms with Crippen LogP contribution in [0.2, 0.25) is 0 Å². The molecular formula is C10H13NO2. The van der Waals surface area contributed by atoms with Gasteiger partial charge in [0.05, 0.1) is 0 Å². The third-order valence-electron chi connectivity index (χ3n) is 1.71. The number of nitrogens with two attached hydrogens (primary N) is 1. The fourth-order valence-electron chi connectivity index (χ4n) is 1.20. The molecule has 3 heteroatoms. The van der Waals surface area contributed by atoms with Crippen LogP contribution in [0.5, 0.6) is 11.5 Å². The van der Waals surface area contributed by atoms with Crippen LogP contribution in [-0.4, -0.2) is 12.8 Å². The number of benzene rings is 1. The Balaban J connectivity index is 2.42. The SMILES string of the molecule is [2H]C(C)(N)C([2H])([2H])c1ccc2c(c1)OCO2. The second-order valence-corrected chi connectivity index (χ2v) is 2.88. The van der Waals surface area contributed by atoms with E-state index in [4.69, 9.17) is 19.3 Å². The summed E-state index contributed by atoms with van der Waals surface area (Å²) in [5, 5.41) is 0. The van der Waals surface area contributed by atoms with Crippen LogP contribution in [0, 0.1) is 0 Å². The third kappa shape index (κ3) is 1.75. The maximum atomic E-state index is 7.84. The Kier molecular flexibility index (Phi) is 1.38. The molecule has 1 aromatic carbocycles. The van der Waals surface area contributed by atoms with Gasteiger partial charge in [-0.15, -0.1) is 0 Å². The van der Waals surface area contributed by atoms with Gasteiger partial charge in [-0.3, -0.25) is 0 Å². The summed E-state index contributed by atoms with van der Waals surface area (Å²) in [6.07, 6.45) is -1.95. The largest absolute Gasteiger partial charge is 0.454 e. The summed E-state index contributed by atoms with van der Waals surface area (Å²) in [6, 6.07) is 3.01. The minimum atomic E-state index is -1.95. The van der Waals surface area contributed by atoms with Crippen LogP contribution < -0.4 is 15.2 Å². The highest BCUT2D eigenvalue weighted by Gasteiger charge is 2.13. The summed E-state index contributed by atoms with van der Waals surface area (Å²) in [5.74, 6) is 1.08. The van der Waals surface area contributed by atoms with E-state index >= 15 is 0 Å². The molecule has 0 aromatic heterocycles. The standard InChI is InChI=1S/C10H13NO2/c1-7(11)4-8-2-3-9-10(5-8)13-6-12-9/h2-3,5,7H,4,6,11H2,1H3/i4D2,7D. The molecule has 1 heterocycles. The predicted octanol–water partition coefficient (Wildman–Crippen LogP) is 1.31. The zero-order valence-electron chi connectivity index (χ0n) is 10.3. The zero-order chi connectivity index (χ0) is 12.0. The average Bonchev–Trinajstić information content (AvgIpc) is 2.61. The molecule has 0 radical (unpaired) electrons. The number of hydrogen-bond donors (Lipinski definition) is 1. The monoisotopic (exact) mass is 182 g/mol. The first-order valence-electron chi connectivity index (χ1n) is 5.51. The molecule has 0 amide bonds. The Bertz CT molecular complexity index is 415. The van der Waals surface area contributed by atoms with Crippen molar-refractivity contribution in [3.63, 3.8) is 0 Å². The van der Waals surface area contributed by atoms with Crippen LogP contribution in [-0.2, 0) is 6.37 Å². The molecule has 1 aliphatic rings. The van der Waals surface area contributed by atoms with Crippen molar-refractivity contribution >= 4 is 0 Å². The lowest BCUT2D eigenvalue weighted by Gasteiger charge is -2.05. The highest BCUT2D eigenvalue weighted by molar-refractivity contribution is 5.44. The molecule has 0 saturated heterocycles. The molecule has 2 rings (SSSR count). The molecule has 0 bridgehead atoms. The third-order valence-corrected chi connectivity index (χ3v) is 1.71. The van der Waals surface area contributed by atoms with E-state index in [1.165, 1.54) is 13.0 Å². The van der Waals surface area contributed by atoms with Crippen LogP contribution in [0.25, 0.3) is 0 Å². The smallest absolute Gasteiger partial charge is 0.231 e. The van der Waals surface area contributed by atoms with E-state index in [0.717, 1.165) is 0 Å². The van der Waals surface area contributed by atoms with Crippen molar-refractivity contribution in [2.24, 2.45) is 5.73 Å². The molecule has 1 atom stereocenters. The highest BCUT2D eigenvalue weighted by Crippen LogP contribution is 2.32. The number of fused-ring (bicyclic) bond motifs is 1. The van der Waals surface area contributed by atoms with E-state index in [0.29, 0.717) is 17.1 Å². The van der Waals surface area contributed by atoms with Gasteiger partial charge in [0.1, 0.15) is 0 Å². The van der Waals surface area contributed by atoms with Gasteiger partial charge in [-0.25, -0.2) is 0 Å². The van der Waals surface area contributed by atoms with E-state index < -0.39 is 12.4 Å². The maximum Gasteiger partial charge on any atom is 0.231 e. The first-order valence-corrected chi connectivity index (χ1v) is 4.01. The summed E-state index contributed by atoms with van der Waals surface area (Å²) in [6.45, 7) is 1.47. The van der Waals surface area contributed by atoms with E-state index in [1.54, 1.807) is 12.1 Å². The Labute approximate surface area is 81.7 Å². The minimum Gasteiger partial charge on any atom is -0.454 e. The van der Waals surface area contributed by atoms with Crippen LogP contribution in [0.1, 0.15) is 16.6 Å². The predicted molar refractivity (Wildman–Crippen MR) is 49.9 cm³/mol. The molecule has 1 aliphatic heterocycles. The molecule has 3 nitrogen and oxygen atoms in total. The molecular weight excluding hydrogens is 166 g/mol. The fourth-order valence-corrected chi connectivity index (χ4v) is 1.20. The zero-order valence-corrected chi connectivity index (χ0v) is 7.33. The van der Waals surface area contributed by atoms with Crippen LogP contribution in [0.3, 0.4) is 0 Å². The second-order valence-electron chi connectivity index (χ2n) is 2.88. The molecule has 1 aromatic rings. The average molecular weight is 182 g/mol. The Morgan fingerprint density at radius 2 is 2.38 bits per heavy atom. The van der Waals surface area contributed by atoms with Gasteiger partial charge in [0.2, 0.25) is 6.79 Å². The normalized spacial score (nSPS) is 22.8. The summed E-state index contributed by atoms with van der Waals surface area (Å²) >= 11 is 0. The highest BCUT2D eigenvalue weighted by atomic mass is 16.7. The minimum absolute atomic E-state index is 0.141. The van der Waals surface area contributed by atoms with Crippen molar-refractivity contribution in [1.82, 2.24) is 0 Å². The van der Waals surface area contributed by atoms with Crippen molar-refractivity contribution in [2.45, 2.75) is 19.3 Å². The summed E-state index contributed by atoms with van der Waals surface area (Å²) in [5.41, 5.74) is 5.83. The van der Waals surface area contributed by atoms with Crippen molar-refractivity contribution in [3.8, 4) is 11.5 Å². The van der Waals surface area contributed by atoms with Crippen molar-refractivity contribution in [3.05, 3.63) is 23.8 Å². The first kappa shape index (κ1) is 5.50. The number of hydrogen-bond acceptors (Lipinski definition) is 3. The summed E-state index contributed by atoms with van der Waals surface area (Å²) in [7, 11) is 0. The van der Waals surface area contributed by atoms with Gasteiger partial charge in [0, 0.05) is 10.1 Å². The topological polar surface area (TPSA) is 44.5 Å². The van der Waals surface area contributed by atoms with E-state index in [9.17, 15) is 0 Å². The molecule has 0 spiro atoms. The molecule has 0 aliphatic carbocycles. The van der Waals surface area contributed by atoms with Gasteiger partial charge < -0.3 is 15.2 Å². The van der Waals surface area contributed by atoms with Crippen molar-refractivity contribution < 1.29 is 13.6 Å². The maximum absolute atomic E-state index is 7.84. The molecule has 0 saturated carbocycles. The van der Waals surface area contributed by atoms with Crippen LogP contribution >= 0.6 is 0 Å². The fraction of sp³-hybridized carbons (Fsp3) is 0.400. The summed E-state index contributed by atoms with van der Waals surface area (Å²) < 4.78 is 33.6. The first-order chi connectivity index (χ1) is 7.32. The molecule has 13 heavy (non-hydrogen) atoms. The second kappa shape index (κ2) is 3.26. The Hall–Kier alpha value is -1.22. The number of rotatable bonds is 2. The molecule has 0 fully saturated rings. The van der Waals surface area contributed by atoms with Crippen LogP contribution in [0.4, 0.5) is 0 Å². The van der Waals surface area contributed by atoms with E-state index in [2.05, 4.69) is 0 Å². The van der Waals surface area contributed by atoms with Gasteiger partial charge in [-0.1, -0.05) is 6.07 Å². The van der Waals surface area contributed by atoms with Gasteiger partial charge >= 0.3 is 0 Å². The summed E-state index contributed by atoms with van der Waals surface area (Å²) in [4.78, 5) is 0. The lowest BCUT2D eigenvalue weighted by Crippen LogP contribution is -2.17. The van der Waals surface area contributed by atoms with Gasteiger partial charge in [0.25, 0.3) is 0 Å². The van der Waals surface area contributed by atoms with Crippen molar-refractivity contribution in [1.29, 1.82) is 0 Å². The van der Waals surface area contributed by atoms with E-state index in [-0.39, 0.29) is 6.79 Å². The van der Waals surface area contributed by atoms with Crippen molar-refractivity contribution in [2.75, 3.05) is 6.79 Å². The lowest BCUT2D eigenvalue weighted by molar-refractivity contribution is 0.174. The van der Waals surface area contributed by atoms with Gasteiger partial charge in [-0.05, 0) is 31.0 Å². The molecule has 1 unspecified atom stereocenters.